The van der Waals surface area contributed by atoms with Crippen LogP contribution >= 0.6 is 0 Å². The van der Waals surface area contributed by atoms with Crippen LogP contribution in [0.15, 0.2) is 24.3 Å². The van der Waals surface area contributed by atoms with Crippen LogP contribution < -0.4 is 10.6 Å². The third-order valence-electron chi connectivity index (χ3n) is 4.54. The molecule has 10 nitrogen and oxygen atoms in total. The highest BCUT2D eigenvalue weighted by Crippen LogP contribution is 2.35. The fourth-order valence-electron chi connectivity index (χ4n) is 3.15. The largest absolute Gasteiger partial charge is 0.459 e. The molecule has 0 aliphatic rings. The van der Waals surface area contributed by atoms with Crippen LogP contribution in [0.1, 0.15) is 54.4 Å². The van der Waals surface area contributed by atoms with Crippen LogP contribution in [0, 0.1) is 10.8 Å². The number of carbonyl (C=O) groups excluding carboxylic acids is 4. The van der Waals surface area contributed by atoms with Crippen LogP contribution in [0.25, 0.3) is 0 Å². The van der Waals surface area contributed by atoms with Gasteiger partial charge in [0.1, 0.15) is 26.4 Å². The van der Waals surface area contributed by atoms with Gasteiger partial charge in [-0.15, -0.1) is 0 Å². The number of hydrogen-bond donors (Lipinski definition) is 2. The highest BCUT2D eigenvalue weighted by molar-refractivity contribution is 5.87. The molecule has 0 saturated carbocycles. The number of nitrogens with one attached hydrogen (secondary N) is 2. The van der Waals surface area contributed by atoms with E-state index in [2.05, 4.69) is 37.6 Å². The highest BCUT2D eigenvalue weighted by Gasteiger charge is 2.29. The smallest absolute Gasteiger partial charge is 0.407 e. The Morgan fingerprint density at radius 3 is 1.53 bits per heavy atom. The van der Waals surface area contributed by atoms with E-state index in [0.29, 0.717) is 19.5 Å². The van der Waals surface area contributed by atoms with Gasteiger partial charge in [0.25, 0.3) is 0 Å². The maximum Gasteiger partial charge on any atom is 0.407 e. The zero-order valence-electron chi connectivity index (χ0n) is 21.3. The minimum absolute atomic E-state index is 0.0339. The molecule has 0 aromatic rings. The topological polar surface area (TPSA) is 129 Å². The van der Waals surface area contributed by atoms with Gasteiger partial charge >= 0.3 is 24.1 Å². The third-order valence-corrected chi connectivity index (χ3v) is 4.54. The van der Waals surface area contributed by atoms with Crippen LogP contribution in [0.3, 0.4) is 0 Å². The van der Waals surface area contributed by atoms with E-state index in [1.807, 2.05) is 13.8 Å². The molecule has 0 bridgehead atoms. The quantitative estimate of drug-likeness (QED) is 0.156. The van der Waals surface area contributed by atoms with Crippen molar-refractivity contribution in [2.24, 2.45) is 10.8 Å². The Kier molecular flexibility index (Phi) is 13.6. The average molecular weight is 485 g/mol. The monoisotopic (exact) mass is 484 g/mol. The van der Waals surface area contributed by atoms with Gasteiger partial charge in [-0.2, -0.15) is 0 Å². The molecule has 10 heteroatoms. The van der Waals surface area contributed by atoms with Gasteiger partial charge in [0, 0.05) is 24.2 Å². The van der Waals surface area contributed by atoms with Crippen molar-refractivity contribution in [1.82, 2.24) is 10.6 Å². The average Bonchev–Trinajstić information content (AvgIpc) is 2.71. The van der Waals surface area contributed by atoms with Crippen LogP contribution in [0.4, 0.5) is 9.59 Å². The fraction of sp³-hybridized carbons (Fsp3) is 0.667. The number of amides is 2. The standard InChI is InChI=1S/C24H40N2O8/c1-17(2)19(27)31-11-13-33-21(29)25-10-9-23(5,6)15-24(7,8)16-26-22(30)34-14-12-32-20(28)18(3)4/h1,3,9-16H2,2,4-8H3,(H,25,29)(H,26,30). The normalized spacial score (nSPS) is 11.1. The first-order valence-electron chi connectivity index (χ1n) is 11.1. The van der Waals surface area contributed by atoms with Gasteiger partial charge in [-0.05, 0) is 37.5 Å². The molecule has 0 fully saturated rings. The summed E-state index contributed by atoms with van der Waals surface area (Å²) < 4.78 is 19.7. The summed E-state index contributed by atoms with van der Waals surface area (Å²) in [5, 5.41) is 5.40. The highest BCUT2D eigenvalue weighted by atomic mass is 16.6. The minimum Gasteiger partial charge on any atom is -0.459 e. The number of ether oxygens (including phenoxy) is 4. The summed E-state index contributed by atoms with van der Waals surface area (Å²) in [6.45, 7) is 18.8. The molecule has 0 spiro atoms. The Morgan fingerprint density at radius 1 is 0.676 bits per heavy atom. The van der Waals surface area contributed by atoms with Crippen LogP contribution in [0.2, 0.25) is 0 Å². The van der Waals surface area contributed by atoms with Crippen LogP contribution in [-0.2, 0) is 28.5 Å². The molecule has 0 radical (unpaired) electrons. The summed E-state index contributed by atoms with van der Waals surface area (Å²) in [7, 11) is 0. The Hall–Kier alpha value is -3.04. The molecule has 0 heterocycles. The Labute approximate surface area is 202 Å². The minimum atomic E-state index is -0.587. The molecule has 2 N–H and O–H groups in total. The molecule has 34 heavy (non-hydrogen) atoms. The van der Waals surface area contributed by atoms with Crippen molar-refractivity contribution >= 4 is 24.1 Å². The molecular formula is C24H40N2O8. The van der Waals surface area contributed by atoms with Crippen molar-refractivity contribution in [3.63, 3.8) is 0 Å². The van der Waals surface area contributed by atoms with Gasteiger partial charge in [-0.3, -0.25) is 0 Å². The van der Waals surface area contributed by atoms with Gasteiger partial charge in [-0.1, -0.05) is 40.9 Å². The summed E-state index contributed by atoms with van der Waals surface area (Å²) in [5.74, 6) is -1.06. The maximum absolute atomic E-state index is 11.9. The molecule has 2 amide bonds. The lowest BCUT2D eigenvalue weighted by Gasteiger charge is -2.35. The lowest BCUT2D eigenvalue weighted by molar-refractivity contribution is -0.140. The van der Waals surface area contributed by atoms with Crippen LogP contribution in [-0.4, -0.2) is 63.6 Å². The van der Waals surface area contributed by atoms with Crippen LogP contribution in [0.5, 0.6) is 0 Å². The lowest BCUT2D eigenvalue weighted by atomic mass is 9.73. The van der Waals surface area contributed by atoms with Crippen molar-refractivity contribution in [2.45, 2.75) is 54.4 Å². The first kappa shape index (κ1) is 31.0. The number of carbonyl (C=O) groups is 4. The van der Waals surface area contributed by atoms with Crippen molar-refractivity contribution in [3.8, 4) is 0 Å². The van der Waals surface area contributed by atoms with E-state index in [0.717, 1.165) is 6.42 Å². The van der Waals surface area contributed by atoms with Gasteiger partial charge in [0.2, 0.25) is 0 Å². The third kappa shape index (κ3) is 15.7. The van der Waals surface area contributed by atoms with E-state index in [1.54, 1.807) is 0 Å². The number of hydrogen-bond acceptors (Lipinski definition) is 8. The summed E-state index contributed by atoms with van der Waals surface area (Å²) in [6.07, 6.45) is 0.286. The van der Waals surface area contributed by atoms with E-state index >= 15 is 0 Å². The van der Waals surface area contributed by atoms with Gasteiger partial charge in [0.15, 0.2) is 0 Å². The van der Waals surface area contributed by atoms with E-state index in [1.165, 1.54) is 13.8 Å². The predicted molar refractivity (Wildman–Crippen MR) is 127 cm³/mol. The van der Waals surface area contributed by atoms with Crippen molar-refractivity contribution < 1.29 is 38.1 Å². The SMILES string of the molecule is C=C(C)C(=O)OCCOC(=O)NCCC(C)(C)CC(C)(C)CNC(=O)OCCOC(=O)C(=C)C. The molecular weight excluding hydrogens is 444 g/mol. The summed E-state index contributed by atoms with van der Waals surface area (Å²) in [6, 6.07) is 0. The van der Waals surface area contributed by atoms with Gasteiger partial charge in [-0.25, -0.2) is 19.2 Å². The van der Waals surface area contributed by atoms with Crippen molar-refractivity contribution in [2.75, 3.05) is 39.5 Å². The zero-order valence-corrected chi connectivity index (χ0v) is 21.3. The number of esters is 2. The van der Waals surface area contributed by atoms with E-state index in [9.17, 15) is 19.2 Å². The second kappa shape index (κ2) is 15.0. The zero-order chi connectivity index (χ0) is 26.4. The number of alkyl carbamates (subject to hydrolysis) is 2. The van der Waals surface area contributed by atoms with E-state index in [4.69, 9.17) is 18.9 Å². The molecule has 0 aliphatic carbocycles. The van der Waals surface area contributed by atoms with E-state index < -0.39 is 24.1 Å². The predicted octanol–water partition coefficient (Wildman–Crippen LogP) is 3.51. The van der Waals surface area contributed by atoms with Crippen molar-refractivity contribution in [1.29, 1.82) is 0 Å². The molecule has 0 atom stereocenters. The summed E-state index contributed by atoms with van der Waals surface area (Å²) in [4.78, 5) is 46.1. The molecule has 0 unspecified atom stereocenters. The molecule has 0 saturated heterocycles. The van der Waals surface area contributed by atoms with Crippen molar-refractivity contribution in [3.05, 3.63) is 24.3 Å². The molecule has 194 valence electrons. The molecule has 0 aromatic heterocycles. The first-order chi connectivity index (χ1) is 15.6. The van der Waals surface area contributed by atoms with Gasteiger partial charge < -0.3 is 29.6 Å². The van der Waals surface area contributed by atoms with Gasteiger partial charge in [0.05, 0.1) is 0 Å². The van der Waals surface area contributed by atoms with E-state index in [-0.39, 0.29) is 48.4 Å². The Balaban J connectivity index is 4.15. The lowest BCUT2D eigenvalue weighted by Crippen LogP contribution is -2.38. The summed E-state index contributed by atoms with van der Waals surface area (Å²) >= 11 is 0. The maximum atomic E-state index is 11.9. The Morgan fingerprint density at radius 2 is 1.09 bits per heavy atom. The fourth-order valence-corrected chi connectivity index (χ4v) is 3.15. The second-order valence-corrected chi connectivity index (χ2v) is 9.64. The molecule has 0 aliphatic heterocycles. The number of rotatable bonds is 15. The Bertz CT molecular complexity index is 743. The molecule has 0 rings (SSSR count). The first-order valence-corrected chi connectivity index (χ1v) is 11.1. The molecule has 0 aromatic carbocycles. The second-order valence-electron chi connectivity index (χ2n) is 9.64. The summed E-state index contributed by atoms with van der Waals surface area (Å²) in [5.41, 5.74) is 0.199.